The Morgan fingerprint density at radius 2 is 1.31 bits per heavy atom. The molecule has 0 unspecified atom stereocenters. The van der Waals surface area contributed by atoms with Crippen LogP contribution < -0.4 is 16.3 Å². The summed E-state index contributed by atoms with van der Waals surface area (Å²) >= 11 is 2.50. The second-order valence-corrected chi connectivity index (χ2v) is 7.84. The number of H-pyrrole nitrogens is 2. The Morgan fingerprint density at radius 1 is 0.692 bits per heavy atom. The van der Waals surface area contributed by atoms with Crippen molar-refractivity contribution in [2.24, 2.45) is 0 Å². The van der Waals surface area contributed by atoms with E-state index in [1.54, 1.807) is 12.1 Å². The monoisotopic (exact) mass is 382 g/mol. The molecule has 2 amide bonds. The molecule has 0 bridgehead atoms. The van der Waals surface area contributed by atoms with Gasteiger partial charge in [0.1, 0.15) is 0 Å². The summed E-state index contributed by atoms with van der Waals surface area (Å²) in [5, 5.41) is 5.63. The van der Waals surface area contributed by atoms with Crippen LogP contribution in [0.2, 0.25) is 0 Å². The third-order valence-corrected chi connectivity index (χ3v) is 6.49. The van der Waals surface area contributed by atoms with Crippen molar-refractivity contribution in [2.75, 3.05) is 10.6 Å². The number of amides is 2. The summed E-state index contributed by atoms with van der Waals surface area (Å²) in [6.45, 7) is 0. The fraction of sp³-hybridized carbons (Fsp3) is 0. The Balaban J connectivity index is 1.62. The summed E-state index contributed by atoms with van der Waals surface area (Å²) in [6, 6.07) is 10.9. The molecule has 4 N–H and O–H groups in total. The number of para-hydroxylation sites is 1. The third kappa shape index (κ3) is 2.36. The highest BCUT2D eigenvalue weighted by molar-refractivity contribution is 8.08. The van der Waals surface area contributed by atoms with Crippen molar-refractivity contribution in [1.29, 1.82) is 0 Å². The largest absolute Gasteiger partial charge is 0.323 e. The van der Waals surface area contributed by atoms with Crippen molar-refractivity contribution >= 4 is 57.7 Å². The average molecular weight is 382 g/mol. The van der Waals surface area contributed by atoms with E-state index in [0.717, 1.165) is 15.5 Å². The van der Waals surface area contributed by atoms with Crippen LogP contribution in [-0.2, 0) is 9.59 Å². The number of rotatable bonds is 0. The lowest BCUT2D eigenvalue weighted by atomic mass is 10.2. The maximum absolute atomic E-state index is 12.6. The number of imidazole rings is 1. The zero-order valence-electron chi connectivity index (χ0n) is 13.0. The molecular formula is C17H10N4O3S2. The highest BCUT2D eigenvalue weighted by atomic mass is 32.2. The predicted molar refractivity (Wildman–Crippen MR) is 101 cm³/mol. The molecular weight excluding hydrogens is 372 g/mol. The van der Waals surface area contributed by atoms with Gasteiger partial charge in [0, 0.05) is 9.79 Å². The van der Waals surface area contributed by atoms with Gasteiger partial charge in [0.05, 0.1) is 32.2 Å². The van der Waals surface area contributed by atoms with E-state index >= 15 is 0 Å². The van der Waals surface area contributed by atoms with Crippen LogP contribution in [-0.4, -0.2) is 21.8 Å². The molecule has 9 heteroatoms. The van der Waals surface area contributed by atoms with Crippen LogP contribution >= 0.6 is 23.5 Å². The Morgan fingerprint density at radius 3 is 2.08 bits per heavy atom. The number of aromatic nitrogens is 2. The summed E-state index contributed by atoms with van der Waals surface area (Å²) in [5.41, 5.74) is 2.29. The quantitative estimate of drug-likeness (QED) is 0.447. The van der Waals surface area contributed by atoms with Gasteiger partial charge in [-0.2, -0.15) is 0 Å². The molecule has 2 aliphatic heterocycles. The number of nitrogens with one attached hydrogen (secondary N) is 4. The lowest BCUT2D eigenvalue weighted by molar-refractivity contribution is -0.114. The number of benzene rings is 2. The van der Waals surface area contributed by atoms with E-state index in [4.69, 9.17) is 0 Å². The molecule has 0 aliphatic carbocycles. The van der Waals surface area contributed by atoms with Crippen LogP contribution in [0.3, 0.4) is 0 Å². The van der Waals surface area contributed by atoms with E-state index < -0.39 is 0 Å². The number of fused-ring (bicyclic) bond motifs is 3. The Hall–Kier alpha value is -2.91. The molecule has 1 aromatic heterocycles. The topological polar surface area (TPSA) is 107 Å². The minimum absolute atomic E-state index is 0.300. The molecule has 0 saturated carbocycles. The number of thioether (sulfide) groups is 2. The molecule has 128 valence electrons. The molecule has 0 fully saturated rings. The van der Waals surface area contributed by atoms with Crippen LogP contribution in [0.1, 0.15) is 0 Å². The highest BCUT2D eigenvalue weighted by Crippen LogP contribution is 2.46. The standard InChI is InChI=1S/C17H10N4O3S2/c22-15-13(25-11-4-2-1-3-7(11)18-15)14-16(23)19-10-5-8-9(6-12(10)26-14)21-17(24)20-8/h1-6H,(H,18,22)(H,19,23)(H2,20,21,24)/b14-13+. The molecule has 0 spiro atoms. The molecule has 26 heavy (non-hydrogen) atoms. The van der Waals surface area contributed by atoms with Crippen LogP contribution in [0.25, 0.3) is 11.0 Å². The molecule has 5 rings (SSSR count). The minimum atomic E-state index is -0.336. The van der Waals surface area contributed by atoms with Crippen LogP contribution in [0.15, 0.2) is 60.8 Å². The van der Waals surface area contributed by atoms with E-state index in [9.17, 15) is 14.4 Å². The zero-order chi connectivity index (χ0) is 17.8. The first-order chi connectivity index (χ1) is 12.6. The second kappa shape index (κ2) is 5.55. The first kappa shape index (κ1) is 15.4. The number of carbonyl (C=O) groups is 2. The van der Waals surface area contributed by atoms with E-state index in [2.05, 4.69) is 20.6 Å². The summed E-state index contributed by atoms with van der Waals surface area (Å²) < 4.78 is 0. The molecule has 0 saturated heterocycles. The fourth-order valence-corrected chi connectivity index (χ4v) is 4.99. The van der Waals surface area contributed by atoms with Crippen molar-refractivity contribution in [3.05, 3.63) is 56.7 Å². The summed E-state index contributed by atoms with van der Waals surface area (Å²) in [4.78, 5) is 44.3. The lowest BCUT2D eigenvalue weighted by Crippen LogP contribution is -2.24. The van der Waals surface area contributed by atoms with E-state index in [0.29, 0.717) is 26.5 Å². The first-order valence-electron chi connectivity index (χ1n) is 7.66. The lowest BCUT2D eigenvalue weighted by Gasteiger charge is -2.24. The van der Waals surface area contributed by atoms with Gasteiger partial charge in [-0.3, -0.25) is 9.59 Å². The number of hydrogen-bond acceptors (Lipinski definition) is 5. The van der Waals surface area contributed by atoms with E-state index in [1.165, 1.54) is 23.5 Å². The molecule has 0 radical (unpaired) electrons. The number of carbonyl (C=O) groups excluding carboxylic acids is 2. The van der Waals surface area contributed by atoms with Crippen molar-refractivity contribution in [3.8, 4) is 0 Å². The second-order valence-electron chi connectivity index (χ2n) is 5.74. The highest BCUT2D eigenvalue weighted by Gasteiger charge is 2.31. The van der Waals surface area contributed by atoms with Crippen molar-refractivity contribution in [2.45, 2.75) is 9.79 Å². The summed E-state index contributed by atoms with van der Waals surface area (Å²) in [6.07, 6.45) is 0. The fourth-order valence-electron chi connectivity index (χ4n) is 2.87. The van der Waals surface area contributed by atoms with E-state index in [1.807, 2.05) is 24.3 Å². The average Bonchev–Trinajstić information content (AvgIpc) is 2.97. The van der Waals surface area contributed by atoms with Gasteiger partial charge in [0.25, 0.3) is 11.8 Å². The van der Waals surface area contributed by atoms with Crippen LogP contribution in [0, 0.1) is 0 Å². The molecule has 2 aromatic carbocycles. The molecule has 7 nitrogen and oxygen atoms in total. The van der Waals surface area contributed by atoms with Gasteiger partial charge in [-0.15, -0.1) is 0 Å². The van der Waals surface area contributed by atoms with Crippen molar-refractivity contribution in [3.63, 3.8) is 0 Å². The van der Waals surface area contributed by atoms with Crippen molar-refractivity contribution < 1.29 is 9.59 Å². The van der Waals surface area contributed by atoms with Crippen LogP contribution in [0.5, 0.6) is 0 Å². The molecule has 3 heterocycles. The zero-order valence-corrected chi connectivity index (χ0v) is 14.6. The number of anilines is 2. The van der Waals surface area contributed by atoms with Crippen molar-refractivity contribution in [1.82, 2.24) is 9.97 Å². The van der Waals surface area contributed by atoms with Gasteiger partial charge in [-0.1, -0.05) is 35.7 Å². The SMILES string of the molecule is O=C1Nc2ccccc2S/C1=C1/Sc2cc3[nH]c(=O)[nH]c3cc2NC1=O. The van der Waals surface area contributed by atoms with Gasteiger partial charge in [-0.25, -0.2) is 4.79 Å². The summed E-state index contributed by atoms with van der Waals surface area (Å²) in [5.74, 6) is -0.636. The van der Waals surface area contributed by atoms with Gasteiger partial charge in [0.15, 0.2) is 0 Å². The molecule has 0 atom stereocenters. The predicted octanol–water partition coefficient (Wildman–Crippen LogP) is 2.86. The number of aromatic amines is 2. The smallest absolute Gasteiger partial charge is 0.320 e. The van der Waals surface area contributed by atoms with Gasteiger partial charge < -0.3 is 20.6 Å². The van der Waals surface area contributed by atoms with E-state index in [-0.39, 0.29) is 17.5 Å². The first-order valence-corrected chi connectivity index (χ1v) is 9.29. The maximum Gasteiger partial charge on any atom is 0.323 e. The number of hydrogen-bond donors (Lipinski definition) is 4. The van der Waals surface area contributed by atoms with Gasteiger partial charge in [-0.05, 0) is 24.3 Å². The Labute approximate surface area is 154 Å². The molecule has 3 aromatic rings. The van der Waals surface area contributed by atoms with Gasteiger partial charge in [0.2, 0.25) is 0 Å². The van der Waals surface area contributed by atoms with Gasteiger partial charge >= 0.3 is 5.69 Å². The Bertz CT molecular complexity index is 1210. The normalized spacial score (nSPS) is 18.9. The van der Waals surface area contributed by atoms with Crippen LogP contribution in [0.4, 0.5) is 11.4 Å². The molecule has 2 aliphatic rings. The third-order valence-electron chi connectivity index (χ3n) is 4.04. The summed E-state index contributed by atoms with van der Waals surface area (Å²) in [7, 11) is 0. The maximum atomic E-state index is 12.6. The Kier molecular flexibility index (Phi) is 3.28. The minimum Gasteiger partial charge on any atom is -0.320 e.